The molecule has 0 spiro atoms. The predicted molar refractivity (Wildman–Crippen MR) is 72.7 cm³/mol. The number of halogens is 1. The normalized spacial score (nSPS) is 20.7. The summed E-state index contributed by atoms with van der Waals surface area (Å²) < 4.78 is 0. The number of benzene rings is 1. The smallest absolute Gasteiger partial charge is 0.335 e. The lowest BCUT2D eigenvalue weighted by atomic mass is 10.2. The molecule has 1 aromatic rings. The van der Waals surface area contributed by atoms with Crippen molar-refractivity contribution in [3.63, 3.8) is 0 Å². The SMILES string of the molecule is CC1CC1CNC(=O)Nc1cc(Cl)cc(C(=O)O)c1. The summed E-state index contributed by atoms with van der Waals surface area (Å²) in [7, 11) is 0. The van der Waals surface area contributed by atoms with E-state index in [1.807, 2.05) is 0 Å². The molecule has 1 aromatic carbocycles. The Morgan fingerprint density at radius 1 is 1.42 bits per heavy atom. The van der Waals surface area contributed by atoms with Crippen molar-refractivity contribution >= 4 is 29.3 Å². The van der Waals surface area contributed by atoms with Crippen molar-refractivity contribution in [2.45, 2.75) is 13.3 Å². The molecule has 2 atom stereocenters. The van der Waals surface area contributed by atoms with Gasteiger partial charge in [0.05, 0.1) is 5.56 Å². The third kappa shape index (κ3) is 3.86. The van der Waals surface area contributed by atoms with Crippen LogP contribution in [0.3, 0.4) is 0 Å². The highest BCUT2D eigenvalue weighted by molar-refractivity contribution is 6.31. The van der Waals surface area contributed by atoms with Crippen LogP contribution in [0, 0.1) is 11.8 Å². The quantitative estimate of drug-likeness (QED) is 0.794. The topological polar surface area (TPSA) is 78.4 Å². The number of urea groups is 1. The molecule has 1 aliphatic carbocycles. The maximum atomic E-state index is 11.6. The number of carbonyl (C=O) groups excluding carboxylic acids is 1. The maximum absolute atomic E-state index is 11.6. The zero-order chi connectivity index (χ0) is 14.0. The second kappa shape index (κ2) is 5.48. The van der Waals surface area contributed by atoms with Crippen LogP contribution in [-0.2, 0) is 0 Å². The molecule has 1 fully saturated rings. The number of nitrogens with one attached hydrogen (secondary N) is 2. The molecule has 0 aliphatic heterocycles. The number of hydrogen-bond acceptors (Lipinski definition) is 2. The van der Waals surface area contributed by atoms with Crippen LogP contribution < -0.4 is 10.6 Å². The average molecular weight is 283 g/mol. The van der Waals surface area contributed by atoms with Crippen molar-refractivity contribution in [3.8, 4) is 0 Å². The second-order valence-electron chi connectivity index (χ2n) is 4.84. The van der Waals surface area contributed by atoms with Crippen molar-refractivity contribution in [1.29, 1.82) is 0 Å². The standard InChI is InChI=1S/C13H15ClN2O3/c1-7-2-9(7)6-15-13(19)16-11-4-8(12(17)18)3-10(14)5-11/h3-5,7,9H,2,6H2,1H3,(H,17,18)(H2,15,16,19). The molecule has 1 saturated carbocycles. The minimum atomic E-state index is -1.09. The van der Waals surface area contributed by atoms with E-state index in [9.17, 15) is 9.59 Å². The van der Waals surface area contributed by atoms with Gasteiger partial charge < -0.3 is 15.7 Å². The second-order valence-corrected chi connectivity index (χ2v) is 5.28. The molecule has 102 valence electrons. The van der Waals surface area contributed by atoms with Crippen molar-refractivity contribution in [2.75, 3.05) is 11.9 Å². The van der Waals surface area contributed by atoms with Gasteiger partial charge in [0.25, 0.3) is 0 Å². The van der Waals surface area contributed by atoms with Crippen LogP contribution >= 0.6 is 11.6 Å². The number of carboxylic acid groups (broad SMARTS) is 1. The van der Waals surface area contributed by atoms with Crippen LogP contribution in [0.5, 0.6) is 0 Å². The third-order valence-electron chi connectivity index (χ3n) is 3.20. The largest absolute Gasteiger partial charge is 0.478 e. The summed E-state index contributed by atoms with van der Waals surface area (Å²) in [5.74, 6) is 0.141. The van der Waals surface area contributed by atoms with Gasteiger partial charge in [-0.1, -0.05) is 18.5 Å². The number of carbonyl (C=O) groups is 2. The summed E-state index contributed by atoms with van der Waals surface area (Å²) in [4.78, 5) is 22.5. The zero-order valence-corrected chi connectivity index (χ0v) is 11.2. The fourth-order valence-corrected chi connectivity index (χ4v) is 2.10. The molecule has 2 unspecified atom stereocenters. The van der Waals surface area contributed by atoms with Gasteiger partial charge in [0.15, 0.2) is 0 Å². The number of amides is 2. The molecule has 0 radical (unpaired) electrons. The molecule has 19 heavy (non-hydrogen) atoms. The van der Waals surface area contributed by atoms with Crippen molar-refractivity contribution < 1.29 is 14.7 Å². The van der Waals surface area contributed by atoms with Crippen LogP contribution in [0.25, 0.3) is 0 Å². The van der Waals surface area contributed by atoms with Gasteiger partial charge >= 0.3 is 12.0 Å². The molecule has 0 bridgehead atoms. The Kier molecular flexibility index (Phi) is 3.95. The molecule has 0 heterocycles. The van der Waals surface area contributed by atoms with Gasteiger partial charge in [0.1, 0.15) is 0 Å². The molecule has 0 saturated heterocycles. The van der Waals surface area contributed by atoms with Crippen LogP contribution in [0.15, 0.2) is 18.2 Å². The van der Waals surface area contributed by atoms with E-state index >= 15 is 0 Å². The first kappa shape index (κ1) is 13.7. The minimum absolute atomic E-state index is 0.0404. The molecule has 3 N–H and O–H groups in total. The first-order valence-corrected chi connectivity index (χ1v) is 6.42. The van der Waals surface area contributed by atoms with E-state index in [0.29, 0.717) is 24.1 Å². The Morgan fingerprint density at radius 3 is 2.68 bits per heavy atom. The molecule has 0 aromatic heterocycles. The molecule has 1 aliphatic rings. The number of carboxylic acids is 1. The van der Waals surface area contributed by atoms with E-state index in [0.717, 1.165) is 6.42 Å². The van der Waals surface area contributed by atoms with Gasteiger partial charge in [-0.25, -0.2) is 9.59 Å². The Bertz CT molecular complexity index is 519. The molecule has 5 nitrogen and oxygen atoms in total. The minimum Gasteiger partial charge on any atom is -0.478 e. The number of hydrogen-bond donors (Lipinski definition) is 3. The summed E-state index contributed by atoms with van der Waals surface area (Å²) >= 11 is 5.80. The van der Waals surface area contributed by atoms with E-state index in [1.54, 1.807) is 0 Å². The monoisotopic (exact) mass is 282 g/mol. The van der Waals surface area contributed by atoms with Gasteiger partial charge in [-0.05, 0) is 36.5 Å². The summed E-state index contributed by atoms with van der Waals surface area (Å²) in [6, 6.07) is 3.86. The van der Waals surface area contributed by atoms with Crippen molar-refractivity contribution in [2.24, 2.45) is 11.8 Å². The lowest BCUT2D eigenvalue weighted by Gasteiger charge is -2.08. The van der Waals surface area contributed by atoms with Crippen LogP contribution in [0.1, 0.15) is 23.7 Å². The molecule has 6 heteroatoms. The zero-order valence-electron chi connectivity index (χ0n) is 10.4. The number of rotatable bonds is 4. The first-order valence-electron chi connectivity index (χ1n) is 6.04. The van der Waals surface area contributed by atoms with Gasteiger partial charge in [-0.2, -0.15) is 0 Å². The lowest BCUT2D eigenvalue weighted by molar-refractivity contribution is 0.0697. The molecular weight excluding hydrogens is 268 g/mol. The van der Waals surface area contributed by atoms with Gasteiger partial charge in [0, 0.05) is 17.3 Å². The van der Waals surface area contributed by atoms with Crippen molar-refractivity contribution in [1.82, 2.24) is 5.32 Å². The summed E-state index contributed by atoms with van der Waals surface area (Å²) in [6.07, 6.45) is 1.14. The highest BCUT2D eigenvalue weighted by Crippen LogP contribution is 2.36. The maximum Gasteiger partial charge on any atom is 0.335 e. The molecular formula is C13H15ClN2O3. The van der Waals surface area contributed by atoms with E-state index < -0.39 is 5.97 Å². The van der Waals surface area contributed by atoms with Crippen LogP contribution in [0.2, 0.25) is 5.02 Å². The average Bonchev–Trinajstić information content (AvgIpc) is 3.02. The Hall–Kier alpha value is -1.75. The van der Waals surface area contributed by atoms with E-state index in [4.69, 9.17) is 16.7 Å². The van der Waals surface area contributed by atoms with Gasteiger partial charge in [0.2, 0.25) is 0 Å². The fourth-order valence-electron chi connectivity index (χ4n) is 1.87. The Balaban J connectivity index is 1.94. The number of anilines is 1. The number of aromatic carboxylic acids is 1. The van der Waals surface area contributed by atoms with Gasteiger partial charge in [-0.15, -0.1) is 0 Å². The van der Waals surface area contributed by atoms with Crippen molar-refractivity contribution in [3.05, 3.63) is 28.8 Å². The first-order chi connectivity index (χ1) is 8.95. The highest BCUT2D eigenvalue weighted by atomic mass is 35.5. The third-order valence-corrected chi connectivity index (χ3v) is 3.42. The predicted octanol–water partition coefficient (Wildman–Crippen LogP) is 2.82. The summed E-state index contributed by atoms with van der Waals surface area (Å²) in [5.41, 5.74) is 0.407. The van der Waals surface area contributed by atoms with Crippen LogP contribution in [-0.4, -0.2) is 23.7 Å². The summed E-state index contributed by atoms with van der Waals surface area (Å²) in [6.45, 7) is 2.78. The lowest BCUT2D eigenvalue weighted by Crippen LogP contribution is -2.30. The molecule has 2 amide bonds. The highest BCUT2D eigenvalue weighted by Gasteiger charge is 2.32. The van der Waals surface area contributed by atoms with E-state index in [-0.39, 0.29) is 16.6 Å². The fraction of sp³-hybridized carbons (Fsp3) is 0.385. The van der Waals surface area contributed by atoms with Gasteiger partial charge in [-0.3, -0.25) is 0 Å². The Labute approximate surface area is 116 Å². The Morgan fingerprint density at radius 2 is 2.11 bits per heavy atom. The van der Waals surface area contributed by atoms with Crippen LogP contribution in [0.4, 0.5) is 10.5 Å². The van der Waals surface area contributed by atoms with E-state index in [1.165, 1.54) is 18.2 Å². The van der Waals surface area contributed by atoms with E-state index in [2.05, 4.69) is 17.6 Å². The summed E-state index contributed by atoms with van der Waals surface area (Å²) in [5, 5.41) is 14.5. The molecule has 2 rings (SSSR count).